The van der Waals surface area contributed by atoms with E-state index in [2.05, 4.69) is 60.3 Å². The topological polar surface area (TPSA) is 428 Å². The van der Waals surface area contributed by atoms with Crippen molar-refractivity contribution in [3.05, 3.63) is 83.4 Å². The highest BCUT2D eigenvalue weighted by Gasteiger charge is 2.50. The van der Waals surface area contributed by atoms with E-state index < -0.39 is 184 Å². The van der Waals surface area contributed by atoms with Crippen molar-refractivity contribution >= 4 is 53.7 Å². The molecule has 0 aliphatic carbocycles. The van der Waals surface area contributed by atoms with Crippen LogP contribution < -0.4 is 36.1 Å². The van der Waals surface area contributed by atoms with Gasteiger partial charge >= 0.3 is 0 Å². The minimum atomic E-state index is -2.15. The van der Waals surface area contributed by atoms with Gasteiger partial charge in [-0.15, -0.1) is 0 Å². The number of aliphatic hydroxyl groups is 8. The van der Waals surface area contributed by atoms with E-state index in [-0.39, 0.29) is 42.3 Å². The first-order chi connectivity index (χ1) is 41.6. The summed E-state index contributed by atoms with van der Waals surface area (Å²) in [4.78, 5) is 103. The number of phenolic OH excluding ortho intramolecular Hbond substituents is 1. The Morgan fingerprint density at radius 1 is 0.736 bits per heavy atom. The Morgan fingerprint density at radius 3 is 2.02 bits per heavy atom. The highest BCUT2D eigenvalue weighted by atomic mass is 32.2. The Hall–Kier alpha value is -6.58. The molecule has 6 rings (SSSR count). The van der Waals surface area contributed by atoms with Crippen molar-refractivity contribution in [3.63, 3.8) is 0 Å². The summed E-state index contributed by atoms with van der Waals surface area (Å²) in [7, 11) is 0. The maximum Gasteiger partial charge on any atom is 0.261 e. The Morgan fingerprint density at radius 2 is 1.37 bits per heavy atom. The zero-order valence-electron chi connectivity index (χ0n) is 48.6. The molecule has 29 heteroatoms. The third-order valence-corrected chi connectivity index (χ3v) is 16.1. The Bertz CT molecular complexity index is 2760. The van der Waals surface area contributed by atoms with Crippen LogP contribution in [-0.4, -0.2) is 221 Å². The summed E-state index contributed by atoms with van der Waals surface area (Å²) in [6.07, 6.45) is -5.76. The molecule has 3 saturated heterocycles. The highest BCUT2D eigenvalue weighted by Crippen LogP contribution is 2.32. The summed E-state index contributed by atoms with van der Waals surface area (Å²) in [6.45, 7) is 1.94. The van der Waals surface area contributed by atoms with Crippen LogP contribution in [0.2, 0.25) is 0 Å². The van der Waals surface area contributed by atoms with Crippen molar-refractivity contribution < 1.29 is 98.3 Å². The number of unbranched alkanes of at least 4 members (excludes halogenated alkanes) is 4. The van der Waals surface area contributed by atoms with Crippen molar-refractivity contribution in [3.8, 4) is 22.6 Å². The van der Waals surface area contributed by atoms with E-state index >= 15 is 0 Å². The summed E-state index contributed by atoms with van der Waals surface area (Å²) < 4.78 is 9.35. The molecule has 3 fully saturated rings. The lowest BCUT2D eigenvalue weighted by molar-refractivity contribution is -0.433. The first-order valence-corrected chi connectivity index (χ1v) is 29.7. The molecule has 0 saturated carbocycles. The molecule has 0 bridgehead atoms. The summed E-state index contributed by atoms with van der Waals surface area (Å²) in [5, 5.41) is 126. The molecule has 13 atom stereocenters. The zero-order chi connectivity index (χ0) is 63.5. The SMILES string of the molecule is CCCCCCCc1ccc(-c2ccc(C(=O)NC3C[C@@H](O)CNC(=O)[C@@H]4[C@@H](O)[C@@H](C)CN4C(=O)[C@H]([C@H](O)CCNC(CO)CO)NC(=O)[C@H]([C@H](O)Cc4ccc(O)c(OSOOO)c4)NC(=O)[C@@H]4C[C@@H](O)CN4C(=O)[C@H]([C@@H](C)O)NC3=O)cc2)cc1. The van der Waals surface area contributed by atoms with Crippen LogP contribution in [0.15, 0.2) is 66.7 Å². The second-order valence-corrected chi connectivity index (χ2v) is 22.8. The molecular formula is C58H82N8O20S. The van der Waals surface area contributed by atoms with Gasteiger partial charge < -0.3 is 91.8 Å². The normalized spacial score (nSPS) is 25.5. The fraction of sp³-hybridized carbons (Fsp3) is 0.569. The molecular weight excluding hydrogens is 1160 g/mol. The number of aliphatic hydroxyl groups excluding tert-OH is 8. The van der Waals surface area contributed by atoms with Gasteiger partial charge in [-0.2, -0.15) is 0 Å². The van der Waals surface area contributed by atoms with Crippen molar-refractivity contribution in [2.24, 2.45) is 5.92 Å². The lowest BCUT2D eigenvalue weighted by Crippen LogP contribution is -2.64. The van der Waals surface area contributed by atoms with Crippen LogP contribution in [0.3, 0.4) is 0 Å². The fourth-order valence-corrected chi connectivity index (χ4v) is 11.0. The number of fused-ring (bicyclic) bond motifs is 2. The molecule has 0 spiro atoms. The number of amides is 7. The van der Waals surface area contributed by atoms with Gasteiger partial charge in [0.2, 0.25) is 35.4 Å². The molecule has 3 aliphatic heterocycles. The van der Waals surface area contributed by atoms with Gasteiger partial charge in [0.15, 0.2) is 11.5 Å². The first kappa shape index (κ1) is 69.5. The van der Waals surface area contributed by atoms with E-state index in [1.807, 2.05) is 12.1 Å². The van der Waals surface area contributed by atoms with Crippen molar-refractivity contribution in [2.45, 2.75) is 164 Å². The Kier molecular flexibility index (Phi) is 26.9. The van der Waals surface area contributed by atoms with Crippen LogP contribution in [-0.2, 0) is 51.0 Å². The Labute approximate surface area is 507 Å². The number of carbonyl (C=O) groups excluding carboxylic acids is 7. The number of carbonyl (C=O) groups is 7. The molecule has 28 nitrogen and oxygen atoms in total. The molecule has 3 aliphatic rings. The van der Waals surface area contributed by atoms with Gasteiger partial charge in [0.25, 0.3) is 18.2 Å². The summed E-state index contributed by atoms with van der Waals surface area (Å²) in [5.41, 5.74) is 3.05. The summed E-state index contributed by atoms with van der Waals surface area (Å²) >= 11 is 0.0712. The van der Waals surface area contributed by atoms with Crippen molar-refractivity contribution in [1.29, 1.82) is 0 Å². The summed E-state index contributed by atoms with van der Waals surface area (Å²) in [6, 6.07) is 5.90. The van der Waals surface area contributed by atoms with Gasteiger partial charge in [-0.05, 0) is 79.3 Å². The smallest absolute Gasteiger partial charge is 0.261 e. The quantitative estimate of drug-likeness (QED) is 0.0204. The molecule has 3 aromatic rings. The number of hydrogen-bond acceptors (Lipinski definition) is 22. The second-order valence-electron chi connectivity index (χ2n) is 22.3. The van der Waals surface area contributed by atoms with E-state index in [0.29, 0.717) is 0 Å². The Balaban J connectivity index is 1.35. The molecule has 0 radical (unpaired) electrons. The molecule has 0 aromatic heterocycles. The largest absolute Gasteiger partial charge is 0.504 e. The minimum Gasteiger partial charge on any atom is -0.504 e. The van der Waals surface area contributed by atoms with E-state index in [0.717, 1.165) is 59.6 Å². The standard InChI is InChI=1S/C58H82N8O20S/c1-4-5-6-7-8-9-33-10-13-35(14-11-33)36-15-17-37(18-16-36)52(76)61-41-24-39(70)26-60-56(80)50-51(75)31(2)27-66(50)58(82)49(44(73)20-21-59-38(29-67)30-68)64-55(79)48(45(74)22-34-12-19-43(72)46(23-34)84-87-86-85-83)63-54(78)42-25-40(71)28-65(42)57(81)47(32(3)69)62-53(41)77/h10-19,23,31-32,38-42,44-45,47-51,59,67-75,83H,4-9,20-22,24-30H2,1-3H3,(H,60,80)(H,61,76)(H,62,77)(H,63,78)(H,64,79)/t31-,32+,39+,40+,41?,42-,44+,45+,47-,48-,49-,50-,51-/m0/s1. The van der Waals surface area contributed by atoms with Crippen LogP contribution in [0, 0.1) is 5.92 Å². The van der Waals surface area contributed by atoms with Crippen LogP contribution in [0.4, 0.5) is 0 Å². The van der Waals surface area contributed by atoms with Gasteiger partial charge in [-0.25, -0.2) is 5.26 Å². The number of rotatable bonds is 24. The number of nitrogens with one attached hydrogen (secondary N) is 6. The molecule has 87 heavy (non-hydrogen) atoms. The molecule has 1 unspecified atom stereocenters. The molecule has 16 N–H and O–H groups in total. The third kappa shape index (κ3) is 19.2. The van der Waals surface area contributed by atoms with E-state index in [1.54, 1.807) is 12.1 Å². The number of hydrogen-bond donors (Lipinski definition) is 16. The number of phenols is 1. The lowest BCUT2D eigenvalue weighted by atomic mass is 9.98. The second kappa shape index (κ2) is 33.7. The van der Waals surface area contributed by atoms with Crippen LogP contribution >= 0.6 is 12.3 Å². The third-order valence-electron chi connectivity index (χ3n) is 15.7. The fourth-order valence-electron chi connectivity index (χ4n) is 10.7. The predicted molar refractivity (Wildman–Crippen MR) is 311 cm³/mol. The van der Waals surface area contributed by atoms with Crippen LogP contribution in [0.25, 0.3) is 11.1 Å². The van der Waals surface area contributed by atoms with Gasteiger partial charge in [-0.3, -0.25) is 33.6 Å². The molecule has 3 aromatic carbocycles. The summed E-state index contributed by atoms with van der Waals surface area (Å²) in [5.74, 6) is -9.44. The monoisotopic (exact) mass is 1240 g/mol. The van der Waals surface area contributed by atoms with Crippen molar-refractivity contribution in [2.75, 3.05) is 39.4 Å². The zero-order valence-corrected chi connectivity index (χ0v) is 49.4. The van der Waals surface area contributed by atoms with E-state index in [1.165, 1.54) is 49.6 Å². The van der Waals surface area contributed by atoms with Crippen molar-refractivity contribution in [1.82, 2.24) is 41.7 Å². The van der Waals surface area contributed by atoms with E-state index in [9.17, 15) is 79.5 Å². The van der Waals surface area contributed by atoms with E-state index in [4.69, 9.17) is 9.44 Å². The van der Waals surface area contributed by atoms with Crippen LogP contribution in [0.1, 0.15) is 93.6 Å². The van der Waals surface area contributed by atoms with Gasteiger partial charge in [-0.1, -0.05) is 91.4 Å². The van der Waals surface area contributed by atoms with Gasteiger partial charge in [0, 0.05) is 50.4 Å². The number of benzene rings is 3. The van der Waals surface area contributed by atoms with Crippen LogP contribution in [0.5, 0.6) is 11.5 Å². The average Bonchev–Trinajstić information content (AvgIpc) is 1.90. The molecule has 7 amide bonds. The molecule has 480 valence electrons. The number of aromatic hydroxyl groups is 1. The average molecular weight is 1240 g/mol. The maximum atomic E-state index is 14.9. The highest BCUT2D eigenvalue weighted by molar-refractivity contribution is 7.90. The predicted octanol–water partition coefficient (Wildman–Crippen LogP) is -1.78. The van der Waals surface area contributed by atoms with Gasteiger partial charge in [0.1, 0.15) is 36.3 Å². The lowest BCUT2D eigenvalue weighted by Gasteiger charge is -2.34. The first-order valence-electron chi connectivity index (χ1n) is 29.1. The molecule has 3 heterocycles. The number of aryl methyl sites for hydroxylation is 1. The number of β-amino-alcohol motifs (C(OH)–C–C–N with tert-alkyl or cyclic N) is 1. The minimum absolute atomic E-state index is 0.0712. The van der Waals surface area contributed by atoms with Gasteiger partial charge in [0.05, 0.1) is 55.9 Å². The number of nitrogens with zero attached hydrogens (tertiary/aromatic N) is 2. The maximum absolute atomic E-state index is 14.9.